The van der Waals surface area contributed by atoms with Crippen LogP contribution in [-0.4, -0.2) is 37.2 Å². The average Bonchev–Trinajstić information content (AvgIpc) is 3.46. The van der Waals surface area contributed by atoms with Gasteiger partial charge in [-0.05, 0) is 44.9 Å². The molecule has 0 heterocycles. The molecule has 1 atom stereocenters. The molecule has 6 heteroatoms. The Kier molecular flexibility index (Phi) is 68.0. The van der Waals surface area contributed by atoms with Crippen molar-refractivity contribution in [1.29, 1.82) is 0 Å². The lowest BCUT2D eigenvalue weighted by molar-refractivity contribution is -0.167. The van der Waals surface area contributed by atoms with E-state index in [1.54, 1.807) is 0 Å². The highest BCUT2D eigenvalue weighted by Gasteiger charge is 2.20. The molecule has 0 radical (unpaired) electrons. The van der Waals surface area contributed by atoms with Gasteiger partial charge in [0, 0.05) is 19.3 Å². The first kappa shape index (κ1) is 78.1. The Morgan fingerprint density at radius 1 is 0.237 bits per heavy atom. The fourth-order valence-corrected chi connectivity index (χ4v) is 11.5. The molecule has 0 bridgehead atoms. The van der Waals surface area contributed by atoms with Crippen molar-refractivity contribution in [3.8, 4) is 0 Å². The molecule has 0 aliphatic heterocycles. The second kappa shape index (κ2) is 69.6. The van der Waals surface area contributed by atoms with Gasteiger partial charge in [-0.3, -0.25) is 14.4 Å². The molecule has 0 rings (SSSR count). The largest absolute Gasteiger partial charge is 0.462 e. The molecule has 0 aromatic rings. The van der Waals surface area contributed by atoms with Crippen LogP contribution in [-0.2, 0) is 28.6 Å². The lowest BCUT2D eigenvalue weighted by atomic mass is 10.0. The summed E-state index contributed by atoms with van der Waals surface area (Å²) in [6, 6.07) is 0. The summed E-state index contributed by atoms with van der Waals surface area (Å²) in [5.41, 5.74) is 0. The molecule has 0 aliphatic carbocycles. The molecule has 0 aliphatic rings. The maximum Gasteiger partial charge on any atom is 0.306 e. The molecule has 0 N–H and O–H groups in total. The molecule has 80 heavy (non-hydrogen) atoms. The van der Waals surface area contributed by atoms with Crippen molar-refractivity contribution in [2.45, 2.75) is 431 Å². The van der Waals surface area contributed by atoms with E-state index in [4.69, 9.17) is 14.2 Å². The maximum absolute atomic E-state index is 12.9. The van der Waals surface area contributed by atoms with Crippen molar-refractivity contribution in [2.24, 2.45) is 0 Å². The number of esters is 3. The summed E-state index contributed by atoms with van der Waals surface area (Å²) in [6.07, 6.45) is 84.2. The van der Waals surface area contributed by atoms with E-state index in [1.165, 1.54) is 321 Å². The smallest absolute Gasteiger partial charge is 0.306 e. The van der Waals surface area contributed by atoms with Gasteiger partial charge in [-0.15, -0.1) is 0 Å². The Labute approximate surface area is 501 Å². The fraction of sp³-hybridized carbons (Fsp3) is 0.932. The third kappa shape index (κ3) is 66.9. The SMILES string of the molecule is CCCCCCC/C=C\CCCCCCCC(=O)OC(COC(=O)CCCCCCCCCCCCCCC)COC(=O)CCCCCCCCCCCCCCCCCCCCCCCCCCCCCCCCCCCCC. The van der Waals surface area contributed by atoms with Crippen LogP contribution in [0.4, 0.5) is 0 Å². The summed E-state index contributed by atoms with van der Waals surface area (Å²) >= 11 is 0. The lowest BCUT2D eigenvalue weighted by Crippen LogP contribution is -2.30. The van der Waals surface area contributed by atoms with Crippen molar-refractivity contribution in [3.05, 3.63) is 12.2 Å². The Bertz CT molecular complexity index is 1250. The highest BCUT2D eigenvalue weighted by Crippen LogP contribution is 2.19. The number of hydrogen-bond acceptors (Lipinski definition) is 6. The Balaban J connectivity index is 4.00. The molecule has 0 spiro atoms. The minimum Gasteiger partial charge on any atom is -0.462 e. The third-order valence-electron chi connectivity index (χ3n) is 17.0. The Hall–Kier alpha value is -1.85. The van der Waals surface area contributed by atoms with Gasteiger partial charge < -0.3 is 14.2 Å². The Morgan fingerprint density at radius 3 is 0.625 bits per heavy atom. The summed E-state index contributed by atoms with van der Waals surface area (Å²) < 4.78 is 17.0. The van der Waals surface area contributed by atoms with Crippen molar-refractivity contribution < 1.29 is 28.6 Å². The molecule has 0 aromatic heterocycles. The van der Waals surface area contributed by atoms with Crippen molar-refractivity contribution in [1.82, 2.24) is 0 Å². The van der Waals surface area contributed by atoms with E-state index in [0.29, 0.717) is 19.3 Å². The number of carbonyl (C=O) groups excluding carboxylic acids is 3. The standard InChI is InChI=1S/C74H142O6/c1-4-7-10-13-16-19-22-25-27-28-29-30-31-32-33-34-35-36-37-38-39-40-41-42-43-44-45-46-47-50-52-55-58-61-64-67-73(76)79-70-71(69-78-72(75)66-63-60-57-54-51-48-24-21-18-15-12-9-6-3)80-74(77)68-65-62-59-56-53-49-26-23-20-17-14-11-8-5-2/h23,26,71H,4-22,24-25,27-70H2,1-3H3/b26-23-. The van der Waals surface area contributed by atoms with Gasteiger partial charge in [0.25, 0.3) is 0 Å². The molecule has 0 aromatic carbocycles. The molecule has 0 saturated carbocycles. The maximum atomic E-state index is 12.9. The first-order valence-electron chi connectivity index (χ1n) is 36.7. The number of hydrogen-bond donors (Lipinski definition) is 0. The molecule has 0 saturated heterocycles. The summed E-state index contributed by atoms with van der Waals surface area (Å²) in [5.74, 6) is -0.844. The van der Waals surface area contributed by atoms with Gasteiger partial charge in [-0.1, -0.05) is 373 Å². The minimum absolute atomic E-state index is 0.0669. The van der Waals surface area contributed by atoms with Crippen molar-refractivity contribution >= 4 is 17.9 Å². The van der Waals surface area contributed by atoms with Gasteiger partial charge >= 0.3 is 17.9 Å². The molecule has 6 nitrogen and oxygen atoms in total. The third-order valence-corrected chi connectivity index (χ3v) is 17.0. The van der Waals surface area contributed by atoms with E-state index in [1.807, 2.05) is 0 Å². The van der Waals surface area contributed by atoms with E-state index in [-0.39, 0.29) is 31.1 Å². The van der Waals surface area contributed by atoms with E-state index >= 15 is 0 Å². The number of unbranched alkanes of at least 4 members (excludes halogenated alkanes) is 56. The normalized spacial score (nSPS) is 12.0. The van der Waals surface area contributed by atoms with E-state index < -0.39 is 6.10 Å². The summed E-state index contributed by atoms with van der Waals surface area (Å²) in [6.45, 7) is 6.70. The van der Waals surface area contributed by atoms with Crippen molar-refractivity contribution in [3.63, 3.8) is 0 Å². The van der Waals surface area contributed by atoms with E-state index in [2.05, 4.69) is 32.9 Å². The fourth-order valence-electron chi connectivity index (χ4n) is 11.5. The first-order valence-corrected chi connectivity index (χ1v) is 36.7. The number of rotatable bonds is 69. The lowest BCUT2D eigenvalue weighted by Gasteiger charge is -2.18. The van der Waals surface area contributed by atoms with Gasteiger partial charge in [-0.2, -0.15) is 0 Å². The zero-order valence-electron chi connectivity index (χ0n) is 54.6. The van der Waals surface area contributed by atoms with Gasteiger partial charge in [0.05, 0.1) is 0 Å². The second-order valence-electron chi connectivity index (χ2n) is 25.2. The monoisotopic (exact) mass is 1130 g/mol. The summed E-state index contributed by atoms with van der Waals surface area (Å²) in [5, 5.41) is 0. The molecular formula is C74H142O6. The van der Waals surface area contributed by atoms with Crippen molar-refractivity contribution in [2.75, 3.05) is 13.2 Å². The zero-order valence-corrected chi connectivity index (χ0v) is 54.6. The molecule has 474 valence electrons. The summed E-state index contributed by atoms with van der Waals surface area (Å²) in [7, 11) is 0. The van der Waals surface area contributed by atoms with Crippen LogP contribution in [0.15, 0.2) is 12.2 Å². The van der Waals surface area contributed by atoms with Gasteiger partial charge in [-0.25, -0.2) is 0 Å². The van der Waals surface area contributed by atoms with Crippen LogP contribution in [0.3, 0.4) is 0 Å². The topological polar surface area (TPSA) is 78.9 Å². The van der Waals surface area contributed by atoms with Crippen LogP contribution in [0.2, 0.25) is 0 Å². The first-order chi connectivity index (χ1) is 39.5. The quantitative estimate of drug-likeness (QED) is 0.0261. The van der Waals surface area contributed by atoms with E-state index in [9.17, 15) is 14.4 Å². The average molecular weight is 1130 g/mol. The zero-order chi connectivity index (χ0) is 57.8. The van der Waals surface area contributed by atoms with Crippen LogP contribution in [0, 0.1) is 0 Å². The predicted octanol–water partition coefficient (Wildman–Crippen LogP) is 25.2. The summed E-state index contributed by atoms with van der Waals surface area (Å²) in [4.78, 5) is 38.3. The van der Waals surface area contributed by atoms with Crippen LogP contribution in [0.25, 0.3) is 0 Å². The molecule has 0 amide bonds. The highest BCUT2D eigenvalue weighted by atomic mass is 16.6. The van der Waals surface area contributed by atoms with Crippen LogP contribution < -0.4 is 0 Å². The number of allylic oxidation sites excluding steroid dienone is 2. The second-order valence-corrected chi connectivity index (χ2v) is 25.2. The highest BCUT2D eigenvalue weighted by molar-refractivity contribution is 5.71. The minimum atomic E-state index is -0.770. The van der Waals surface area contributed by atoms with Crippen LogP contribution in [0.1, 0.15) is 425 Å². The van der Waals surface area contributed by atoms with Crippen LogP contribution >= 0.6 is 0 Å². The molecular weight excluding hydrogens is 985 g/mol. The number of ether oxygens (including phenoxy) is 3. The van der Waals surface area contributed by atoms with Gasteiger partial charge in [0.1, 0.15) is 13.2 Å². The van der Waals surface area contributed by atoms with E-state index in [0.717, 1.165) is 64.2 Å². The molecule has 1 unspecified atom stereocenters. The predicted molar refractivity (Wildman–Crippen MR) is 349 cm³/mol. The van der Waals surface area contributed by atoms with Crippen LogP contribution in [0.5, 0.6) is 0 Å². The van der Waals surface area contributed by atoms with Gasteiger partial charge in [0.15, 0.2) is 6.10 Å². The molecule has 0 fully saturated rings. The Morgan fingerprint density at radius 2 is 0.412 bits per heavy atom. The van der Waals surface area contributed by atoms with Gasteiger partial charge in [0.2, 0.25) is 0 Å². The number of carbonyl (C=O) groups is 3.